The third-order valence-electron chi connectivity index (χ3n) is 8.91. The number of hydrogen-bond acceptors (Lipinski definition) is 6. The van der Waals surface area contributed by atoms with E-state index >= 15 is 0 Å². The third-order valence-corrected chi connectivity index (χ3v) is 8.91. The fourth-order valence-corrected chi connectivity index (χ4v) is 6.17. The van der Waals surface area contributed by atoms with Gasteiger partial charge < -0.3 is 19.9 Å². The normalized spacial score (nSPS) is 17.7. The minimum absolute atomic E-state index is 0.113. The van der Waals surface area contributed by atoms with Crippen molar-refractivity contribution in [1.82, 2.24) is 5.32 Å². The molecular weight excluding hydrogens is 570 g/mol. The van der Waals surface area contributed by atoms with Crippen molar-refractivity contribution in [2.45, 2.75) is 212 Å². The van der Waals surface area contributed by atoms with Crippen LogP contribution in [0.25, 0.3) is 0 Å². The van der Waals surface area contributed by atoms with Crippen LogP contribution in [0.4, 0.5) is 0 Å². The van der Waals surface area contributed by atoms with Crippen LogP contribution in [0.2, 0.25) is 0 Å². The van der Waals surface area contributed by atoms with Crippen LogP contribution in [0.5, 0.6) is 0 Å². The SMILES string of the molecule is CCCCCCCCCCCCCC(=O)OC1CC(NC(=O)CCC(=O)O)CC1OC(=O)CCCCCCCCCCCCC. The van der Waals surface area contributed by atoms with Crippen molar-refractivity contribution in [2.24, 2.45) is 0 Å². The van der Waals surface area contributed by atoms with Gasteiger partial charge in [0.1, 0.15) is 12.2 Å². The largest absolute Gasteiger partial charge is 0.481 e. The molecule has 0 aliphatic heterocycles. The fourth-order valence-electron chi connectivity index (χ4n) is 6.17. The second kappa shape index (κ2) is 28.1. The molecule has 1 saturated carbocycles. The standard InChI is InChI=1S/C37H67NO7/c1-3-5-7-9-11-13-15-17-19-21-23-25-36(42)44-32-29-31(38-34(39)27-28-35(40)41)30-33(32)45-37(43)26-24-22-20-18-16-14-12-10-8-6-4-2/h31-33H,3-30H2,1-2H3,(H,38,39)(H,40,41). The zero-order chi connectivity index (χ0) is 33.0. The van der Waals surface area contributed by atoms with Gasteiger partial charge in [0.05, 0.1) is 6.42 Å². The Balaban J connectivity index is 2.36. The number of amides is 1. The summed E-state index contributed by atoms with van der Waals surface area (Å²) in [4.78, 5) is 48.4. The molecule has 8 heteroatoms. The smallest absolute Gasteiger partial charge is 0.306 e. The molecule has 1 aliphatic carbocycles. The molecule has 2 atom stereocenters. The molecule has 1 aliphatic rings. The lowest BCUT2D eigenvalue weighted by atomic mass is 10.1. The summed E-state index contributed by atoms with van der Waals surface area (Å²) in [7, 11) is 0. The van der Waals surface area contributed by atoms with Crippen molar-refractivity contribution < 1.29 is 33.8 Å². The number of carboxylic acid groups (broad SMARTS) is 1. The Bertz CT molecular complexity index is 739. The quantitative estimate of drug-likeness (QED) is 0.0595. The molecule has 0 spiro atoms. The molecule has 1 rings (SSSR count). The number of carbonyl (C=O) groups excluding carboxylic acids is 3. The number of unbranched alkanes of at least 4 members (excludes halogenated alkanes) is 20. The van der Waals surface area contributed by atoms with Crippen LogP contribution in [0.15, 0.2) is 0 Å². The monoisotopic (exact) mass is 637 g/mol. The van der Waals surface area contributed by atoms with Crippen molar-refractivity contribution in [1.29, 1.82) is 0 Å². The van der Waals surface area contributed by atoms with Gasteiger partial charge in [-0.15, -0.1) is 0 Å². The highest BCUT2D eigenvalue weighted by molar-refractivity contribution is 5.80. The van der Waals surface area contributed by atoms with Gasteiger partial charge in [0.25, 0.3) is 0 Å². The van der Waals surface area contributed by atoms with E-state index in [0.717, 1.165) is 38.5 Å². The van der Waals surface area contributed by atoms with Crippen molar-refractivity contribution in [3.8, 4) is 0 Å². The first kappa shape index (κ1) is 40.9. The maximum atomic E-state index is 12.7. The molecule has 8 nitrogen and oxygen atoms in total. The first-order chi connectivity index (χ1) is 21.8. The van der Waals surface area contributed by atoms with E-state index < -0.39 is 18.2 Å². The Morgan fingerprint density at radius 2 is 0.844 bits per heavy atom. The molecule has 0 aromatic heterocycles. The molecule has 262 valence electrons. The zero-order valence-electron chi connectivity index (χ0n) is 28.9. The molecule has 0 aromatic carbocycles. The summed E-state index contributed by atoms with van der Waals surface area (Å²) in [6, 6.07) is -0.328. The van der Waals surface area contributed by atoms with Crippen molar-refractivity contribution in [2.75, 3.05) is 0 Å². The van der Waals surface area contributed by atoms with Gasteiger partial charge in [-0.2, -0.15) is 0 Å². The Hall–Kier alpha value is -2.12. The number of carboxylic acids is 1. The van der Waals surface area contributed by atoms with E-state index in [1.165, 1.54) is 103 Å². The number of esters is 2. The van der Waals surface area contributed by atoms with Gasteiger partial charge in [-0.1, -0.05) is 142 Å². The van der Waals surface area contributed by atoms with E-state index in [0.29, 0.717) is 25.7 Å². The minimum atomic E-state index is -1.03. The van der Waals surface area contributed by atoms with Crippen LogP contribution in [-0.2, 0) is 28.7 Å². The van der Waals surface area contributed by atoms with E-state index in [9.17, 15) is 19.2 Å². The maximum Gasteiger partial charge on any atom is 0.306 e. The average Bonchev–Trinajstić information content (AvgIpc) is 3.36. The molecule has 0 aromatic rings. The van der Waals surface area contributed by atoms with Gasteiger partial charge in [0.15, 0.2) is 0 Å². The number of carbonyl (C=O) groups is 4. The van der Waals surface area contributed by atoms with Gasteiger partial charge in [-0.3, -0.25) is 19.2 Å². The molecule has 0 saturated heterocycles. The van der Waals surface area contributed by atoms with Crippen LogP contribution in [0.1, 0.15) is 194 Å². The molecule has 0 bridgehead atoms. The van der Waals surface area contributed by atoms with E-state index in [-0.39, 0.29) is 36.7 Å². The van der Waals surface area contributed by atoms with Crippen molar-refractivity contribution in [3.63, 3.8) is 0 Å². The van der Waals surface area contributed by atoms with Gasteiger partial charge in [-0.05, 0) is 12.8 Å². The number of nitrogens with one attached hydrogen (secondary N) is 1. The molecule has 2 N–H and O–H groups in total. The first-order valence-corrected chi connectivity index (χ1v) is 18.8. The Labute approximate surface area is 274 Å². The second-order valence-electron chi connectivity index (χ2n) is 13.3. The van der Waals surface area contributed by atoms with E-state index in [2.05, 4.69) is 19.2 Å². The molecule has 1 amide bonds. The van der Waals surface area contributed by atoms with Gasteiger partial charge in [0.2, 0.25) is 5.91 Å². The van der Waals surface area contributed by atoms with Crippen LogP contribution in [0, 0.1) is 0 Å². The van der Waals surface area contributed by atoms with Crippen LogP contribution >= 0.6 is 0 Å². The highest BCUT2D eigenvalue weighted by Crippen LogP contribution is 2.27. The highest BCUT2D eigenvalue weighted by Gasteiger charge is 2.40. The number of hydrogen-bond donors (Lipinski definition) is 2. The minimum Gasteiger partial charge on any atom is -0.481 e. The molecule has 45 heavy (non-hydrogen) atoms. The second-order valence-corrected chi connectivity index (χ2v) is 13.3. The predicted octanol–water partition coefficient (Wildman–Crippen LogP) is 9.36. The Kier molecular flexibility index (Phi) is 25.6. The third kappa shape index (κ3) is 23.8. The Morgan fingerprint density at radius 1 is 0.511 bits per heavy atom. The summed E-state index contributed by atoms with van der Waals surface area (Å²) in [5.74, 6) is -1.97. The van der Waals surface area contributed by atoms with E-state index in [4.69, 9.17) is 14.6 Å². The Morgan fingerprint density at radius 3 is 1.18 bits per heavy atom. The lowest BCUT2D eigenvalue weighted by Gasteiger charge is -2.20. The summed E-state index contributed by atoms with van der Waals surface area (Å²) in [5.41, 5.74) is 0. The molecule has 0 heterocycles. The lowest BCUT2D eigenvalue weighted by Crippen LogP contribution is -2.33. The summed E-state index contributed by atoms with van der Waals surface area (Å²) in [5, 5.41) is 11.7. The van der Waals surface area contributed by atoms with Gasteiger partial charge in [0, 0.05) is 38.1 Å². The lowest BCUT2D eigenvalue weighted by molar-refractivity contribution is -0.165. The fraction of sp³-hybridized carbons (Fsp3) is 0.892. The number of rotatable bonds is 30. The molecule has 1 fully saturated rings. The van der Waals surface area contributed by atoms with Crippen LogP contribution in [-0.4, -0.2) is 47.2 Å². The average molecular weight is 638 g/mol. The van der Waals surface area contributed by atoms with Crippen LogP contribution < -0.4 is 5.32 Å². The zero-order valence-corrected chi connectivity index (χ0v) is 28.9. The summed E-state index contributed by atoms with van der Waals surface area (Å²) in [6.45, 7) is 4.47. The predicted molar refractivity (Wildman–Crippen MR) is 180 cm³/mol. The number of aliphatic carboxylic acids is 1. The van der Waals surface area contributed by atoms with Crippen molar-refractivity contribution >= 4 is 23.8 Å². The van der Waals surface area contributed by atoms with Gasteiger partial charge >= 0.3 is 17.9 Å². The summed E-state index contributed by atoms with van der Waals surface area (Å²) < 4.78 is 11.6. The van der Waals surface area contributed by atoms with Crippen molar-refractivity contribution in [3.05, 3.63) is 0 Å². The first-order valence-electron chi connectivity index (χ1n) is 18.8. The summed E-state index contributed by atoms with van der Waals surface area (Å²) in [6.07, 6.45) is 26.3. The molecule has 2 unspecified atom stereocenters. The van der Waals surface area contributed by atoms with Crippen LogP contribution in [0.3, 0.4) is 0 Å². The van der Waals surface area contributed by atoms with E-state index in [1.807, 2.05) is 0 Å². The highest BCUT2D eigenvalue weighted by atomic mass is 16.6. The summed E-state index contributed by atoms with van der Waals surface area (Å²) >= 11 is 0. The topological polar surface area (TPSA) is 119 Å². The van der Waals surface area contributed by atoms with E-state index in [1.54, 1.807) is 0 Å². The van der Waals surface area contributed by atoms with Gasteiger partial charge in [-0.25, -0.2) is 0 Å². The molecular formula is C37H67NO7. The number of ether oxygens (including phenoxy) is 2. The molecule has 0 radical (unpaired) electrons. The maximum absolute atomic E-state index is 12.7.